The Morgan fingerprint density at radius 3 is 2.56 bits per heavy atom. The first-order valence-corrected chi connectivity index (χ1v) is 8.36. The molecule has 0 saturated heterocycles. The van der Waals surface area contributed by atoms with Crippen molar-refractivity contribution in [1.82, 2.24) is 0 Å². The average Bonchev–Trinajstić information content (AvgIpc) is 2.29. The lowest BCUT2D eigenvalue weighted by Crippen LogP contribution is -2.18. The topological polar surface area (TPSA) is 52.6 Å². The smallest absolute Gasteiger partial charge is 0.337 e. The van der Waals surface area contributed by atoms with Gasteiger partial charge in [0.2, 0.25) is 0 Å². The van der Waals surface area contributed by atoms with Gasteiger partial charge in [0.25, 0.3) is 0 Å². The van der Waals surface area contributed by atoms with Gasteiger partial charge in [-0.1, -0.05) is 25.1 Å². The van der Waals surface area contributed by atoms with E-state index in [2.05, 4.69) is 0 Å². The van der Waals surface area contributed by atoms with E-state index >= 15 is 0 Å². The van der Waals surface area contributed by atoms with E-state index in [9.17, 15) is 9.36 Å². The van der Waals surface area contributed by atoms with Gasteiger partial charge in [0.1, 0.15) is 5.75 Å². The Balaban J connectivity index is 2.59. The number of rotatable bonds is 6. The lowest BCUT2D eigenvalue weighted by molar-refractivity contribution is -0.146. The second kappa shape index (κ2) is 6.81. The van der Waals surface area contributed by atoms with Gasteiger partial charge in [-0.05, 0) is 30.3 Å². The zero-order valence-corrected chi connectivity index (χ0v) is 12.0. The summed E-state index contributed by atoms with van der Waals surface area (Å²) in [6.45, 7) is 0.236. The second-order valence-corrected chi connectivity index (χ2v) is 7.10. The molecular formula is C12H16ClO4P. The highest BCUT2D eigenvalue weighted by Gasteiger charge is 2.28. The van der Waals surface area contributed by atoms with Gasteiger partial charge in [0.05, 0.1) is 18.7 Å². The molecule has 100 valence electrons. The van der Waals surface area contributed by atoms with E-state index in [1.165, 1.54) is 0 Å². The minimum Gasteiger partial charge on any atom is -0.466 e. The van der Waals surface area contributed by atoms with Crippen LogP contribution in [0, 0.1) is 5.92 Å². The Morgan fingerprint density at radius 1 is 1.39 bits per heavy atom. The van der Waals surface area contributed by atoms with E-state index in [-0.39, 0.29) is 12.8 Å². The van der Waals surface area contributed by atoms with Gasteiger partial charge in [0, 0.05) is 0 Å². The van der Waals surface area contributed by atoms with Crippen molar-refractivity contribution < 1.29 is 18.6 Å². The first kappa shape index (κ1) is 15.1. The Kier molecular flexibility index (Phi) is 5.70. The standard InChI is InChI=1S/C12H16ClO4P/c1-3-16-12(14)10(2)9-18(13,15)17-11-7-5-4-6-8-11/h4-8,10H,3,9H2,1-2H3/t10-,18?/m1/s1. The first-order valence-electron chi connectivity index (χ1n) is 5.64. The van der Waals surface area contributed by atoms with Crippen LogP contribution in [0.4, 0.5) is 0 Å². The molecule has 0 aromatic heterocycles. The molecule has 0 heterocycles. The highest BCUT2D eigenvalue weighted by atomic mass is 35.7. The highest BCUT2D eigenvalue weighted by molar-refractivity contribution is 7.85. The van der Waals surface area contributed by atoms with Gasteiger partial charge in [-0.25, -0.2) is 0 Å². The maximum absolute atomic E-state index is 12.0. The van der Waals surface area contributed by atoms with Crippen molar-refractivity contribution in [2.75, 3.05) is 12.8 Å². The van der Waals surface area contributed by atoms with Crippen LogP contribution in [0.5, 0.6) is 5.75 Å². The predicted molar refractivity (Wildman–Crippen MR) is 71.2 cm³/mol. The van der Waals surface area contributed by atoms with E-state index in [1.54, 1.807) is 38.1 Å². The van der Waals surface area contributed by atoms with Gasteiger partial charge in [0.15, 0.2) is 0 Å². The Morgan fingerprint density at radius 2 is 2.00 bits per heavy atom. The van der Waals surface area contributed by atoms with Crippen LogP contribution in [-0.2, 0) is 14.1 Å². The van der Waals surface area contributed by atoms with Crippen molar-refractivity contribution in [3.63, 3.8) is 0 Å². The first-order chi connectivity index (χ1) is 8.44. The zero-order chi connectivity index (χ0) is 13.6. The molecule has 4 nitrogen and oxygen atoms in total. The van der Waals surface area contributed by atoms with Crippen molar-refractivity contribution in [2.24, 2.45) is 5.92 Å². The molecule has 0 saturated carbocycles. The molecule has 0 aliphatic heterocycles. The fourth-order valence-corrected chi connectivity index (χ4v) is 3.54. The molecule has 0 aliphatic carbocycles. The maximum atomic E-state index is 12.0. The molecule has 0 bridgehead atoms. The summed E-state index contributed by atoms with van der Waals surface area (Å²) in [4.78, 5) is 11.4. The summed E-state index contributed by atoms with van der Waals surface area (Å²) in [6.07, 6.45) is -0.0533. The van der Waals surface area contributed by atoms with E-state index in [0.29, 0.717) is 5.75 Å². The van der Waals surface area contributed by atoms with Crippen LogP contribution >= 0.6 is 18.0 Å². The van der Waals surface area contributed by atoms with Crippen LogP contribution in [0.15, 0.2) is 30.3 Å². The molecule has 0 aliphatic rings. The summed E-state index contributed by atoms with van der Waals surface area (Å²) in [5.41, 5.74) is 0. The van der Waals surface area contributed by atoms with Crippen LogP contribution in [0.25, 0.3) is 0 Å². The molecule has 1 rings (SSSR count). The lowest BCUT2D eigenvalue weighted by atomic mass is 10.2. The van der Waals surface area contributed by atoms with E-state index in [0.717, 1.165) is 0 Å². The molecule has 0 spiro atoms. The number of benzene rings is 1. The van der Waals surface area contributed by atoms with Crippen LogP contribution in [0.1, 0.15) is 13.8 Å². The van der Waals surface area contributed by atoms with Crippen molar-refractivity contribution in [1.29, 1.82) is 0 Å². The molecule has 1 aromatic rings. The van der Waals surface area contributed by atoms with Gasteiger partial charge in [-0.3, -0.25) is 9.36 Å². The number of esters is 1. The molecule has 1 unspecified atom stereocenters. The van der Waals surface area contributed by atoms with Gasteiger partial charge >= 0.3 is 12.7 Å². The Labute approximate surface area is 111 Å². The molecule has 6 heteroatoms. The van der Waals surface area contributed by atoms with E-state index in [4.69, 9.17) is 20.5 Å². The van der Waals surface area contributed by atoms with E-state index in [1.807, 2.05) is 6.07 Å². The molecule has 0 amide bonds. The molecule has 18 heavy (non-hydrogen) atoms. The predicted octanol–water partition coefficient (Wildman–Crippen LogP) is 3.70. The number of halogens is 1. The Bertz CT molecular complexity index is 435. The average molecular weight is 291 g/mol. The third-order valence-electron chi connectivity index (χ3n) is 2.17. The van der Waals surface area contributed by atoms with Gasteiger partial charge in [-0.15, -0.1) is 0 Å². The minimum absolute atomic E-state index is 0.0533. The minimum atomic E-state index is -3.38. The van der Waals surface area contributed by atoms with Crippen molar-refractivity contribution in [2.45, 2.75) is 13.8 Å². The van der Waals surface area contributed by atoms with Crippen molar-refractivity contribution in [3.05, 3.63) is 30.3 Å². The number of para-hydroxylation sites is 1. The fraction of sp³-hybridized carbons (Fsp3) is 0.417. The van der Waals surface area contributed by atoms with Gasteiger partial charge < -0.3 is 9.26 Å². The summed E-state index contributed by atoms with van der Waals surface area (Å²) in [7, 11) is 0. The number of hydrogen-bond donors (Lipinski definition) is 0. The summed E-state index contributed by atoms with van der Waals surface area (Å²) >= 11 is 5.84. The molecule has 2 atom stereocenters. The lowest BCUT2D eigenvalue weighted by Gasteiger charge is -2.16. The molecule has 0 fully saturated rings. The summed E-state index contributed by atoms with van der Waals surface area (Å²) < 4.78 is 22.1. The number of carbonyl (C=O) groups excluding carboxylic acids is 1. The normalized spacial score (nSPS) is 15.5. The van der Waals surface area contributed by atoms with Crippen molar-refractivity contribution in [3.8, 4) is 5.75 Å². The van der Waals surface area contributed by atoms with Crippen LogP contribution in [0.3, 0.4) is 0 Å². The quantitative estimate of drug-likeness (QED) is 0.592. The summed E-state index contributed by atoms with van der Waals surface area (Å²) in [5, 5.41) is 0. The largest absolute Gasteiger partial charge is 0.466 e. The monoisotopic (exact) mass is 290 g/mol. The molecule has 1 aromatic carbocycles. The fourth-order valence-electron chi connectivity index (χ4n) is 1.36. The highest BCUT2D eigenvalue weighted by Crippen LogP contribution is 2.53. The second-order valence-electron chi connectivity index (χ2n) is 3.83. The van der Waals surface area contributed by atoms with Crippen LogP contribution in [0.2, 0.25) is 0 Å². The summed E-state index contributed by atoms with van der Waals surface area (Å²) in [5.74, 6) is -0.557. The van der Waals surface area contributed by atoms with Crippen molar-refractivity contribution >= 4 is 23.9 Å². The third-order valence-corrected chi connectivity index (χ3v) is 4.25. The number of ether oxygens (including phenoxy) is 1. The molecule has 0 N–H and O–H groups in total. The number of carbonyl (C=O) groups is 1. The van der Waals surface area contributed by atoms with Gasteiger partial charge in [-0.2, -0.15) is 0 Å². The molecule has 0 radical (unpaired) electrons. The SMILES string of the molecule is CCOC(=O)[C@H](C)CP(=O)(Cl)Oc1ccccc1. The Hall–Kier alpha value is -0.990. The molecular weight excluding hydrogens is 275 g/mol. The van der Waals surface area contributed by atoms with E-state index < -0.39 is 18.6 Å². The summed E-state index contributed by atoms with van der Waals surface area (Å²) in [6, 6.07) is 8.63. The van der Waals surface area contributed by atoms with Crippen LogP contribution in [-0.4, -0.2) is 18.7 Å². The number of hydrogen-bond acceptors (Lipinski definition) is 4. The van der Waals surface area contributed by atoms with Crippen LogP contribution < -0.4 is 4.52 Å². The maximum Gasteiger partial charge on any atom is 0.337 e. The zero-order valence-electron chi connectivity index (χ0n) is 10.3. The third kappa shape index (κ3) is 5.11.